The number of hydrogen-bond acceptors (Lipinski definition) is 3. The summed E-state index contributed by atoms with van der Waals surface area (Å²) in [7, 11) is 2.68. The number of hydrogen-bond donors (Lipinski definition) is 1. The quantitative estimate of drug-likeness (QED) is 0.438. The van der Waals surface area contributed by atoms with E-state index >= 15 is 0 Å². The van der Waals surface area contributed by atoms with Crippen LogP contribution >= 0.6 is 0 Å². The SMILES string of the molecule is CCC([SiH2]C(OC)OC)C12C=CC(CC1C(=O)O)C2. The predicted molar refractivity (Wildman–Crippen MR) is 75.8 cm³/mol. The molecule has 0 spiro atoms. The van der Waals surface area contributed by atoms with E-state index in [1.165, 1.54) is 0 Å². The van der Waals surface area contributed by atoms with Crippen molar-refractivity contribution < 1.29 is 19.4 Å². The van der Waals surface area contributed by atoms with E-state index in [9.17, 15) is 9.90 Å². The lowest BCUT2D eigenvalue weighted by molar-refractivity contribution is -0.144. The number of rotatable bonds is 7. The fourth-order valence-electron chi connectivity index (χ4n) is 4.05. The highest BCUT2D eigenvalue weighted by Crippen LogP contribution is 2.60. The van der Waals surface area contributed by atoms with E-state index in [0.29, 0.717) is 11.5 Å². The van der Waals surface area contributed by atoms with Crippen LogP contribution in [0.3, 0.4) is 0 Å². The van der Waals surface area contributed by atoms with Crippen molar-refractivity contribution in [3.05, 3.63) is 12.2 Å². The Morgan fingerprint density at radius 1 is 1.53 bits per heavy atom. The summed E-state index contributed by atoms with van der Waals surface area (Å²) in [6, 6.07) is 0. The highest BCUT2D eigenvalue weighted by atomic mass is 28.2. The maximum atomic E-state index is 11.6. The molecular formula is C14H24O4Si. The number of methoxy groups -OCH3 is 2. The standard InChI is InChI=1S/C14H24O4Si/c1-4-11(19-13(17-2)18-3)14-6-5-9(8-14)7-10(14)12(15)16/h5-6,9-11,13H,4,7-8,19H2,1-3H3,(H,15,16). The number of carboxylic acids is 1. The number of carbonyl (C=O) groups is 1. The van der Waals surface area contributed by atoms with Crippen molar-refractivity contribution in [2.24, 2.45) is 17.3 Å². The van der Waals surface area contributed by atoms with Crippen molar-refractivity contribution >= 4 is 15.5 Å². The largest absolute Gasteiger partial charge is 0.481 e. The molecule has 0 heterocycles. The van der Waals surface area contributed by atoms with Crippen LogP contribution in [0.1, 0.15) is 26.2 Å². The van der Waals surface area contributed by atoms with Crippen LogP contribution in [0, 0.1) is 17.3 Å². The maximum absolute atomic E-state index is 11.6. The minimum Gasteiger partial charge on any atom is -0.481 e. The molecule has 1 saturated carbocycles. The molecule has 2 rings (SSSR count). The Morgan fingerprint density at radius 2 is 2.21 bits per heavy atom. The lowest BCUT2D eigenvalue weighted by atomic mass is 9.74. The van der Waals surface area contributed by atoms with Gasteiger partial charge in [-0.15, -0.1) is 0 Å². The van der Waals surface area contributed by atoms with Crippen LogP contribution in [-0.4, -0.2) is 40.7 Å². The summed E-state index contributed by atoms with van der Waals surface area (Å²) in [4.78, 5) is 11.6. The topological polar surface area (TPSA) is 55.8 Å². The molecule has 0 amide bonds. The lowest BCUT2D eigenvalue weighted by Gasteiger charge is -2.38. The summed E-state index contributed by atoms with van der Waals surface area (Å²) in [6.07, 6.45) is 7.25. The molecule has 0 aromatic heterocycles. The first kappa shape index (κ1) is 14.7. The van der Waals surface area contributed by atoms with E-state index in [4.69, 9.17) is 9.47 Å². The highest BCUT2D eigenvalue weighted by Gasteiger charge is 2.55. The fourth-order valence-corrected chi connectivity index (χ4v) is 6.26. The first-order chi connectivity index (χ1) is 9.07. The van der Waals surface area contributed by atoms with Gasteiger partial charge in [0.15, 0.2) is 0 Å². The lowest BCUT2D eigenvalue weighted by Crippen LogP contribution is -2.39. The van der Waals surface area contributed by atoms with Gasteiger partial charge in [-0.05, 0) is 24.3 Å². The summed E-state index contributed by atoms with van der Waals surface area (Å²) in [5, 5.41) is 9.51. The Hall–Kier alpha value is -0.653. The second kappa shape index (κ2) is 5.77. The van der Waals surface area contributed by atoms with Crippen molar-refractivity contribution in [1.82, 2.24) is 0 Å². The normalized spacial score (nSPS) is 34.7. The Balaban J connectivity index is 2.20. The van der Waals surface area contributed by atoms with Crippen LogP contribution in [0.5, 0.6) is 0 Å². The summed E-state index contributed by atoms with van der Waals surface area (Å²) < 4.78 is 10.7. The van der Waals surface area contributed by atoms with E-state index in [1.807, 2.05) is 0 Å². The maximum Gasteiger partial charge on any atom is 0.307 e. The fraction of sp³-hybridized carbons (Fsp3) is 0.786. The number of aliphatic carboxylic acids is 1. The molecule has 2 aliphatic carbocycles. The molecule has 2 bridgehead atoms. The average Bonchev–Trinajstić information content (AvgIpc) is 2.99. The Morgan fingerprint density at radius 3 is 2.68 bits per heavy atom. The van der Waals surface area contributed by atoms with Crippen LogP contribution in [0.2, 0.25) is 5.54 Å². The van der Waals surface area contributed by atoms with Crippen molar-refractivity contribution in [3.63, 3.8) is 0 Å². The minimum atomic E-state index is -0.654. The van der Waals surface area contributed by atoms with Gasteiger partial charge in [0.25, 0.3) is 0 Å². The molecular weight excluding hydrogens is 260 g/mol. The zero-order valence-corrected chi connectivity index (χ0v) is 13.4. The molecule has 0 aliphatic heterocycles. The van der Waals surface area contributed by atoms with Gasteiger partial charge in [0.1, 0.15) is 5.91 Å². The molecule has 5 heteroatoms. The number of ether oxygens (including phenoxy) is 2. The Labute approximate surface area is 117 Å². The molecule has 0 radical (unpaired) electrons. The molecule has 1 N–H and O–H groups in total. The predicted octanol–water partition coefficient (Wildman–Crippen LogP) is 1.60. The highest BCUT2D eigenvalue weighted by molar-refractivity contribution is 6.39. The molecule has 0 saturated heterocycles. The third-order valence-corrected chi connectivity index (χ3v) is 7.99. The van der Waals surface area contributed by atoms with Gasteiger partial charge in [0, 0.05) is 19.6 Å². The van der Waals surface area contributed by atoms with Crippen LogP contribution in [0.4, 0.5) is 0 Å². The van der Waals surface area contributed by atoms with E-state index in [2.05, 4.69) is 19.1 Å². The number of fused-ring (bicyclic) bond motifs is 2. The smallest absolute Gasteiger partial charge is 0.307 e. The summed E-state index contributed by atoms with van der Waals surface area (Å²) in [5.41, 5.74) is 0.300. The monoisotopic (exact) mass is 284 g/mol. The van der Waals surface area contributed by atoms with E-state index in [1.54, 1.807) is 14.2 Å². The third kappa shape index (κ3) is 2.51. The van der Waals surface area contributed by atoms with Crippen LogP contribution in [-0.2, 0) is 14.3 Å². The molecule has 4 nitrogen and oxygen atoms in total. The first-order valence-electron chi connectivity index (χ1n) is 7.05. The summed E-state index contributed by atoms with van der Waals surface area (Å²) in [6.45, 7) is 2.16. The van der Waals surface area contributed by atoms with Gasteiger partial charge in [-0.3, -0.25) is 4.79 Å². The van der Waals surface area contributed by atoms with Crippen LogP contribution in [0.25, 0.3) is 0 Å². The zero-order chi connectivity index (χ0) is 14.0. The van der Waals surface area contributed by atoms with E-state index in [0.717, 1.165) is 19.3 Å². The van der Waals surface area contributed by atoms with Gasteiger partial charge in [-0.1, -0.05) is 25.5 Å². The van der Waals surface area contributed by atoms with Crippen molar-refractivity contribution in [2.45, 2.75) is 37.6 Å². The van der Waals surface area contributed by atoms with Crippen molar-refractivity contribution in [1.29, 1.82) is 0 Å². The van der Waals surface area contributed by atoms with Gasteiger partial charge in [0.2, 0.25) is 0 Å². The van der Waals surface area contributed by atoms with Gasteiger partial charge in [0.05, 0.1) is 15.4 Å². The first-order valence-corrected chi connectivity index (χ1v) is 8.68. The zero-order valence-electron chi connectivity index (χ0n) is 12.0. The van der Waals surface area contributed by atoms with E-state index in [-0.39, 0.29) is 17.2 Å². The Bertz CT molecular complexity index is 366. The second-order valence-electron chi connectivity index (χ2n) is 5.80. The molecule has 2 aliphatic rings. The van der Waals surface area contributed by atoms with Gasteiger partial charge in [-0.25, -0.2) is 0 Å². The molecule has 4 unspecified atom stereocenters. The van der Waals surface area contributed by atoms with Crippen LogP contribution in [0.15, 0.2) is 12.2 Å². The molecule has 0 aromatic carbocycles. The third-order valence-electron chi connectivity index (χ3n) is 5.04. The van der Waals surface area contributed by atoms with Crippen molar-refractivity contribution in [2.75, 3.05) is 14.2 Å². The summed E-state index contributed by atoms with van der Waals surface area (Å²) in [5.74, 6) is -0.491. The molecule has 0 aromatic rings. The number of carboxylic acid groups (broad SMARTS) is 1. The van der Waals surface area contributed by atoms with Crippen LogP contribution < -0.4 is 0 Å². The number of allylic oxidation sites excluding steroid dienone is 2. The average molecular weight is 284 g/mol. The molecule has 108 valence electrons. The molecule has 19 heavy (non-hydrogen) atoms. The van der Waals surface area contributed by atoms with E-state index < -0.39 is 15.5 Å². The van der Waals surface area contributed by atoms with Gasteiger partial charge >= 0.3 is 5.97 Å². The Kier molecular flexibility index (Phi) is 4.48. The molecule has 1 fully saturated rings. The minimum absolute atomic E-state index is 0.109. The van der Waals surface area contributed by atoms with Gasteiger partial charge in [-0.2, -0.15) is 0 Å². The van der Waals surface area contributed by atoms with Gasteiger partial charge < -0.3 is 14.6 Å². The van der Waals surface area contributed by atoms with Crippen molar-refractivity contribution in [3.8, 4) is 0 Å². The molecule has 4 atom stereocenters. The second-order valence-corrected chi connectivity index (χ2v) is 7.93. The summed E-state index contributed by atoms with van der Waals surface area (Å²) >= 11 is 0.